The van der Waals surface area contributed by atoms with Gasteiger partial charge in [-0.2, -0.15) is 4.31 Å². The van der Waals surface area contributed by atoms with Crippen molar-refractivity contribution in [1.82, 2.24) is 4.31 Å². The van der Waals surface area contributed by atoms with Crippen molar-refractivity contribution in [1.29, 1.82) is 0 Å². The van der Waals surface area contributed by atoms with Crippen LogP contribution < -0.4 is 5.32 Å². The van der Waals surface area contributed by atoms with Crippen molar-refractivity contribution in [3.05, 3.63) is 91.8 Å². The van der Waals surface area contributed by atoms with Crippen molar-refractivity contribution >= 4 is 72.4 Å². The molecule has 0 aliphatic rings. The number of hydrogen-bond acceptors (Lipinski definition) is 3. The molecule has 0 fully saturated rings. The number of nitrogens with zero attached hydrogens (tertiary/aromatic N) is 1. The minimum atomic E-state index is -3.96. The lowest BCUT2D eigenvalue weighted by atomic mass is 10.2. The molecule has 1 N–H and O–H groups in total. The molecule has 0 atom stereocenters. The Hall–Kier alpha value is -1.61. The second kappa shape index (κ2) is 10.3. The number of carbonyl (C=O) groups excluding carboxylic acids is 1. The monoisotopic (exact) mass is 560 g/mol. The van der Waals surface area contributed by atoms with Gasteiger partial charge < -0.3 is 5.32 Å². The molecule has 0 aromatic heterocycles. The Morgan fingerprint density at radius 3 is 2.16 bits per heavy atom. The standard InChI is InChI=1S/C21H16BrCl3N2O3S/c22-15-6-8-16(9-7-15)31(29,30)27(12-14-4-2-1-3-5-14)13-21(28)26-20-11-18(24)17(23)10-19(20)25/h1-11H,12-13H2,(H,26,28). The Kier molecular flexibility index (Phi) is 8.02. The zero-order valence-corrected chi connectivity index (χ0v) is 20.5. The molecule has 1 amide bonds. The molecular weight excluding hydrogens is 547 g/mol. The summed E-state index contributed by atoms with van der Waals surface area (Å²) in [7, 11) is -3.96. The van der Waals surface area contributed by atoms with Gasteiger partial charge >= 0.3 is 0 Å². The maximum Gasteiger partial charge on any atom is 0.243 e. The van der Waals surface area contributed by atoms with E-state index in [0.29, 0.717) is 0 Å². The Labute approximate surface area is 204 Å². The van der Waals surface area contributed by atoms with Crippen LogP contribution in [0.25, 0.3) is 0 Å². The van der Waals surface area contributed by atoms with E-state index < -0.39 is 22.5 Å². The lowest BCUT2D eigenvalue weighted by Gasteiger charge is -2.22. The van der Waals surface area contributed by atoms with E-state index in [4.69, 9.17) is 34.8 Å². The summed E-state index contributed by atoms with van der Waals surface area (Å²) >= 11 is 21.3. The van der Waals surface area contributed by atoms with E-state index in [1.54, 1.807) is 36.4 Å². The highest BCUT2D eigenvalue weighted by Gasteiger charge is 2.27. The summed E-state index contributed by atoms with van der Waals surface area (Å²) in [6.07, 6.45) is 0. The van der Waals surface area contributed by atoms with Gasteiger partial charge in [0, 0.05) is 11.0 Å². The fraction of sp³-hybridized carbons (Fsp3) is 0.0952. The molecule has 10 heteroatoms. The third-order valence-corrected chi connectivity index (χ3v) is 7.63. The predicted octanol–water partition coefficient (Wildman–Crippen LogP) is 6.24. The van der Waals surface area contributed by atoms with Gasteiger partial charge in [0.1, 0.15) is 0 Å². The number of sulfonamides is 1. The molecule has 31 heavy (non-hydrogen) atoms. The van der Waals surface area contributed by atoms with Gasteiger partial charge in [-0.05, 0) is 42.0 Å². The minimum absolute atomic E-state index is 0.0156. The fourth-order valence-corrected chi connectivity index (χ4v) is 4.98. The summed E-state index contributed by atoms with van der Waals surface area (Å²) in [4.78, 5) is 12.8. The lowest BCUT2D eigenvalue weighted by molar-refractivity contribution is -0.116. The van der Waals surface area contributed by atoms with E-state index >= 15 is 0 Å². The van der Waals surface area contributed by atoms with Crippen LogP contribution in [0.3, 0.4) is 0 Å². The lowest BCUT2D eigenvalue weighted by Crippen LogP contribution is -2.37. The van der Waals surface area contributed by atoms with Crippen molar-refractivity contribution in [3.8, 4) is 0 Å². The first-order chi connectivity index (χ1) is 14.7. The van der Waals surface area contributed by atoms with E-state index in [-0.39, 0.29) is 32.2 Å². The predicted molar refractivity (Wildman–Crippen MR) is 128 cm³/mol. The number of halogens is 4. The smallest absolute Gasteiger partial charge is 0.243 e. The second-order valence-corrected chi connectivity index (χ2v) is 10.6. The number of carbonyl (C=O) groups is 1. The first kappa shape index (κ1) is 24.0. The number of benzene rings is 3. The van der Waals surface area contributed by atoms with Crippen molar-refractivity contribution in [2.45, 2.75) is 11.4 Å². The van der Waals surface area contributed by atoms with Crippen molar-refractivity contribution in [2.24, 2.45) is 0 Å². The molecule has 0 aliphatic heterocycles. The maximum absolute atomic E-state index is 13.3. The van der Waals surface area contributed by atoms with Gasteiger partial charge in [-0.15, -0.1) is 0 Å². The second-order valence-electron chi connectivity index (χ2n) is 6.51. The molecule has 0 radical (unpaired) electrons. The summed E-state index contributed by atoms with van der Waals surface area (Å²) in [5.74, 6) is -0.572. The Morgan fingerprint density at radius 2 is 1.52 bits per heavy atom. The van der Waals surface area contributed by atoms with Gasteiger partial charge in [0.25, 0.3) is 0 Å². The first-order valence-electron chi connectivity index (χ1n) is 8.91. The molecule has 0 saturated carbocycles. The highest BCUT2D eigenvalue weighted by Crippen LogP contribution is 2.32. The highest BCUT2D eigenvalue weighted by molar-refractivity contribution is 9.10. The molecule has 0 heterocycles. The molecule has 0 spiro atoms. The van der Waals surface area contributed by atoms with Crippen molar-refractivity contribution in [2.75, 3.05) is 11.9 Å². The molecule has 0 aliphatic carbocycles. The van der Waals surface area contributed by atoms with Crippen LogP contribution in [-0.4, -0.2) is 25.2 Å². The molecule has 3 rings (SSSR count). The molecule has 5 nitrogen and oxygen atoms in total. The fourth-order valence-electron chi connectivity index (χ4n) is 2.74. The number of hydrogen-bond donors (Lipinski definition) is 1. The third-order valence-electron chi connectivity index (χ3n) is 4.26. The average molecular weight is 563 g/mol. The topological polar surface area (TPSA) is 66.5 Å². The molecule has 0 bridgehead atoms. The van der Waals surface area contributed by atoms with E-state index in [1.807, 2.05) is 6.07 Å². The van der Waals surface area contributed by atoms with Crippen LogP contribution in [0, 0.1) is 0 Å². The van der Waals surface area contributed by atoms with Crippen molar-refractivity contribution < 1.29 is 13.2 Å². The van der Waals surface area contributed by atoms with E-state index in [9.17, 15) is 13.2 Å². The molecular formula is C21H16BrCl3N2O3S. The zero-order chi connectivity index (χ0) is 22.6. The largest absolute Gasteiger partial charge is 0.324 e. The van der Waals surface area contributed by atoms with Gasteiger partial charge in [0.2, 0.25) is 15.9 Å². The SMILES string of the molecule is O=C(CN(Cc1ccccc1)S(=O)(=O)c1ccc(Br)cc1)Nc1cc(Cl)c(Cl)cc1Cl. The number of amides is 1. The molecule has 0 saturated heterocycles. The first-order valence-corrected chi connectivity index (χ1v) is 12.3. The van der Waals surface area contributed by atoms with E-state index in [1.165, 1.54) is 24.3 Å². The molecule has 162 valence electrons. The zero-order valence-electron chi connectivity index (χ0n) is 15.9. The molecule has 3 aromatic carbocycles. The molecule has 3 aromatic rings. The maximum atomic E-state index is 13.3. The Bertz CT molecular complexity index is 1190. The van der Waals surface area contributed by atoms with E-state index in [0.717, 1.165) is 14.3 Å². The normalized spacial score (nSPS) is 11.5. The Morgan fingerprint density at radius 1 is 0.903 bits per heavy atom. The number of nitrogens with one attached hydrogen (secondary N) is 1. The number of anilines is 1. The van der Waals surface area contributed by atoms with Crippen LogP contribution in [0.1, 0.15) is 5.56 Å². The summed E-state index contributed by atoms with van der Waals surface area (Å²) in [6, 6.07) is 18.0. The van der Waals surface area contributed by atoms with Gasteiger partial charge in [0.05, 0.1) is 32.2 Å². The van der Waals surface area contributed by atoms with Crippen LogP contribution in [0.15, 0.2) is 76.1 Å². The summed E-state index contributed by atoms with van der Waals surface area (Å²) < 4.78 is 28.4. The quantitative estimate of drug-likeness (QED) is 0.347. The average Bonchev–Trinajstić information content (AvgIpc) is 2.72. The van der Waals surface area contributed by atoms with Crippen LogP contribution >= 0.6 is 50.7 Å². The van der Waals surface area contributed by atoms with Gasteiger partial charge in [-0.3, -0.25) is 4.79 Å². The van der Waals surface area contributed by atoms with Crippen LogP contribution in [0.5, 0.6) is 0 Å². The third kappa shape index (κ3) is 6.22. The summed E-state index contributed by atoms with van der Waals surface area (Å²) in [5, 5.41) is 3.24. The highest BCUT2D eigenvalue weighted by atomic mass is 79.9. The van der Waals surface area contributed by atoms with E-state index in [2.05, 4.69) is 21.2 Å². The van der Waals surface area contributed by atoms with Gasteiger partial charge in [-0.1, -0.05) is 81.1 Å². The van der Waals surface area contributed by atoms with Crippen LogP contribution in [0.4, 0.5) is 5.69 Å². The van der Waals surface area contributed by atoms with Crippen LogP contribution in [0.2, 0.25) is 15.1 Å². The molecule has 0 unspecified atom stereocenters. The minimum Gasteiger partial charge on any atom is -0.324 e. The van der Waals surface area contributed by atoms with Crippen molar-refractivity contribution in [3.63, 3.8) is 0 Å². The van der Waals surface area contributed by atoms with Crippen LogP contribution in [-0.2, 0) is 21.4 Å². The van der Waals surface area contributed by atoms with Gasteiger partial charge in [0.15, 0.2) is 0 Å². The summed E-state index contributed by atoms with van der Waals surface area (Å²) in [6.45, 7) is -0.411. The number of rotatable bonds is 7. The van der Waals surface area contributed by atoms with Gasteiger partial charge in [-0.25, -0.2) is 8.42 Å². The Balaban J connectivity index is 1.88. The summed E-state index contributed by atoms with van der Waals surface area (Å²) in [5.41, 5.74) is 0.977.